The molecule has 0 bridgehead atoms. The van der Waals surface area contributed by atoms with Crippen LogP contribution in [0.1, 0.15) is 23.8 Å². The van der Waals surface area contributed by atoms with Crippen molar-refractivity contribution in [2.45, 2.75) is 25.9 Å². The van der Waals surface area contributed by atoms with E-state index in [9.17, 15) is 9.59 Å². The largest absolute Gasteiger partial charge is 0.449 e. The van der Waals surface area contributed by atoms with Crippen LogP contribution in [0.5, 0.6) is 0 Å². The summed E-state index contributed by atoms with van der Waals surface area (Å²) in [4.78, 5) is 25.6. The summed E-state index contributed by atoms with van der Waals surface area (Å²) in [7, 11) is 0. The molecule has 2 fully saturated rings. The van der Waals surface area contributed by atoms with E-state index in [1.54, 1.807) is 9.58 Å². The van der Waals surface area contributed by atoms with E-state index >= 15 is 0 Å². The number of halogens is 1. The van der Waals surface area contributed by atoms with Crippen LogP contribution in [0.15, 0.2) is 6.20 Å². The second kappa shape index (κ2) is 5.55. The second-order valence-electron chi connectivity index (χ2n) is 5.31. The summed E-state index contributed by atoms with van der Waals surface area (Å²) in [6.07, 6.45) is 1.85. The van der Waals surface area contributed by atoms with Crippen molar-refractivity contribution in [1.82, 2.24) is 20.0 Å². The third-order valence-electron chi connectivity index (χ3n) is 4.05. The lowest BCUT2D eigenvalue weighted by atomic mass is 9.92. The molecule has 8 heteroatoms. The first-order valence-corrected chi connectivity index (χ1v) is 7.41. The predicted molar refractivity (Wildman–Crippen MR) is 75.2 cm³/mol. The fourth-order valence-electron chi connectivity index (χ4n) is 2.92. The molecule has 1 aromatic rings. The van der Waals surface area contributed by atoms with Crippen molar-refractivity contribution < 1.29 is 14.3 Å². The van der Waals surface area contributed by atoms with Gasteiger partial charge in [0.05, 0.1) is 17.8 Å². The molecular weight excluding hydrogens is 296 g/mol. The van der Waals surface area contributed by atoms with Crippen LogP contribution in [0.3, 0.4) is 0 Å². The lowest BCUT2D eigenvalue weighted by molar-refractivity contribution is 0.0318. The number of ether oxygens (including phenoxy) is 1. The molecule has 0 radical (unpaired) electrons. The first-order valence-electron chi connectivity index (χ1n) is 7.04. The molecule has 0 spiro atoms. The molecule has 3 heterocycles. The smallest absolute Gasteiger partial charge is 0.407 e. The topological polar surface area (TPSA) is 76.5 Å². The monoisotopic (exact) mass is 312 g/mol. The molecule has 7 nitrogen and oxygen atoms in total. The van der Waals surface area contributed by atoms with Crippen LogP contribution in [-0.2, 0) is 11.3 Å². The van der Waals surface area contributed by atoms with Crippen LogP contribution < -0.4 is 5.32 Å². The Balaban J connectivity index is 1.74. The number of nitrogens with zero attached hydrogens (tertiary/aromatic N) is 3. The number of nitrogens with one attached hydrogen (secondary N) is 1. The van der Waals surface area contributed by atoms with Gasteiger partial charge >= 0.3 is 6.09 Å². The Morgan fingerprint density at radius 2 is 2.43 bits per heavy atom. The molecule has 2 atom stereocenters. The summed E-state index contributed by atoms with van der Waals surface area (Å²) in [6, 6.07) is 0.0851. The Kier molecular flexibility index (Phi) is 3.75. The molecular formula is C13H17ClN4O3. The minimum absolute atomic E-state index is 0.0851. The lowest BCUT2D eigenvalue weighted by Gasteiger charge is -2.40. The average molecular weight is 313 g/mol. The number of rotatable bonds is 2. The highest BCUT2D eigenvalue weighted by Crippen LogP contribution is 2.24. The van der Waals surface area contributed by atoms with Crippen molar-refractivity contribution in [3.05, 3.63) is 16.9 Å². The molecule has 0 unspecified atom stereocenters. The second-order valence-corrected chi connectivity index (χ2v) is 5.71. The molecule has 2 aliphatic heterocycles. The average Bonchev–Trinajstić information content (AvgIpc) is 2.86. The maximum Gasteiger partial charge on any atom is 0.407 e. The van der Waals surface area contributed by atoms with Crippen LogP contribution >= 0.6 is 11.6 Å². The zero-order valence-corrected chi connectivity index (χ0v) is 12.5. The quantitative estimate of drug-likeness (QED) is 0.888. The minimum atomic E-state index is -0.372. The van der Waals surface area contributed by atoms with Gasteiger partial charge in [0.2, 0.25) is 0 Å². The van der Waals surface area contributed by atoms with Crippen LogP contribution in [0.4, 0.5) is 4.79 Å². The Labute approximate surface area is 127 Å². The molecule has 2 amide bonds. The Morgan fingerprint density at radius 3 is 3.19 bits per heavy atom. The fourth-order valence-corrected chi connectivity index (χ4v) is 3.14. The normalized spacial score (nSPS) is 25.0. The highest BCUT2D eigenvalue weighted by molar-refractivity contribution is 6.33. The van der Waals surface area contributed by atoms with Gasteiger partial charge in [-0.15, -0.1) is 0 Å². The Bertz CT molecular complexity index is 574. The molecule has 0 aromatic carbocycles. The number of hydrogen-bond donors (Lipinski definition) is 1. The van der Waals surface area contributed by atoms with E-state index in [0.717, 1.165) is 6.42 Å². The van der Waals surface area contributed by atoms with Crippen LogP contribution in [0.2, 0.25) is 5.02 Å². The van der Waals surface area contributed by atoms with Gasteiger partial charge in [-0.25, -0.2) is 4.79 Å². The van der Waals surface area contributed by atoms with Crippen LogP contribution in [0.25, 0.3) is 0 Å². The zero-order valence-electron chi connectivity index (χ0n) is 11.7. The van der Waals surface area contributed by atoms with Crippen molar-refractivity contribution in [1.29, 1.82) is 0 Å². The van der Waals surface area contributed by atoms with E-state index in [1.165, 1.54) is 6.20 Å². The highest BCUT2D eigenvalue weighted by Gasteiger charge is 2.37. The first-order chi connectivity index (χ1) is 10.1. The van der Waals surface area contributed by atoms with Gasteiger partial charge in [-0.05, 0) is 13.3 Å². The minimum Gasteiger partial charge on any atom is -0.449 e. The van der Waals surface area contributed by atoms with E-state index in [0.29, 0.717) is 37.0 Å². The van der Waals surface area contributed by atoms with Gasteiger partial charge in [0.1, 0.15) is 5.69 Å². The Morgan fingerprint density at radius 1 is 1.62 bits per heavy atom. The van der Waals surface area contributed by atoms with Gasteiger partial charge in [0, 0.05) is 31.6 Å². The van der Waals surface area contributed by atoms with Crippen molar-refractivity contribution >= 4 is 23.6 Å². The maximum absolute atomic E-state index is 12.7. The van der Waals surface area contributed by atoms with Gasteiger partial charge in [0.15, 0.2) is 0 Å². The summed E-state index contributed by atoms with van der Waals surface area (Å²) in [5.41, 5.74) is 0.429. The number of amides is 2. The molecule has 0 aliphatic carbocycles. The molecule has 3 rings (SSSR count). The number of hydrogen-bond acceptors (Lipinski definition) is 4. The molecule has 21 heavy (non-hydrogen) atoms. The molecule has 1 aromatic heterocycles. The summed E-state index contributed by atoms with van der Waals surface area (Å²) >= 11 is 6.08. The number of fused-ring (bicyclic) bond motifs is 1. The number of aryl methyl sites for hydroxylation is 1. The summed E-state index contributed by atoms with van der Waals surface area (Å²) in [5, 5.41) is 7.27. The summed E-state index contributed by atoms with van der Waals surface area (Å²) in [6.45, 7) is 3.99. The van der Waals surface area contributed by atoms with Gasteiger partial charge in [-0.1, -0.05) is 11.6 Å². The van der Waals surface area contributed by atoms with Gasteiger partial charge in [-0.3, -0.25) is 9.48 Å². The standard InChI is InChI=1S/C13H17ClN4O3/c1-2-18-11(9(14)5-15-18)12(19)17-4-3-10-8(6-17)7-21-13(20)16-10/h5,8,10H,2-4,6-7H2,1H3,(H,16,20)/t8-,10+/m1/s1. The predicted octanol–water partition coefficient (Wildman–Crippen LogP) is 1.13. The van der Waals surface area contributed by atoms with Crippen molar-refractivity contribution in [2.24, 2.45) is 5.92 Å². The Hall–Kier alpha value is -1.76. The highest BCUT2D eigenvalue weighted by atomic mass is 35.5. The van der Waals surface area contributed by atoms with Gasteiger partial charge in [0.25, 0.3) is 5.91 Å². The van der Waals surface area contributed by atoms with Gasteiger partial charge < -0.3 is 15.0 Å². The summed E-state index contributed by atoms with van der Waals surface area (Å²) < 4.78 is 6.61. The van der Waals surface area contributed by atoms with Gasteiger partial charge in [-0.2, -0.15) is 5.10 Å². The van der Waals surface area contributed by atoms with Crippen molar-refractivity contribution in [2.75, 3.05) is 19.7 Å². The third-order valence-corrected chi connectivity index (χ3v) is 4.33. The molecule has 2 saturated heterocycles. The number of cyclic esters (lactones) is 1. The molecule has 0 saturated carbocycles. The fraction of sp³-hybridized carbons (Fsp3) is 0.615. The van der Waals surface area contributed by atoms with Crippen LogP contribution in [0, 0.1) is 5.92 Å². The third kappa shape index (κ3) is 2.57. The van der Waals surface area contributed by atoms with Crippen molar-refractivity contribution in [3.63, 3.8) is 0 Å². The number of alkyl carbamates (subject to hydrolysis) is 1. The number of carbonyl (C=O) groups excluding carboxylic acids is 2. The zero-order chi connectivity index (χ0) is 15.0. The summed E-state index contributed by atoms with van der Waals surface area (Å²) in [5.74, 6) is 0.00636. The number of aromatic nitrogens is 2. The molecule has 2 aliphatic rings. The van der Waals surface area contributed by atoms with E-state index in [4.69, 9.17) is 16.3 Å². The maximum atomic E-state index is 12.7. The number of carbonyl (C=O) groups is 2. The first kappa shape index (κ1) is 14.2. The molecule has 114 valence electrons. The van der Waals surface area contributed by atoms with E-state index in [2.05, 4.69) is 10.4 Å². The van der Waals surface area contributed by atoms with E-state index in [-0.39, 0.29) is 24.0 Å². The van der Waals surface area contributed by atoms with E-state index in [1.807, 2.05) is 6.92 Å². The van der Waals surface area contributed by atoms with Crippen molar-refractivity contribution in [3.8, 4) is 0 Å². The van der Waals surface area contributed by atoms with E-state index < -0.39 is 0 Å². The van der Waals surface area contributed by atoms with Crippen LogP contribution in [-0.4, -0.2) is 52.4 Å². The molecule has 1 N–H and O–H groups in total. The number of likely N-dealkylation sites (tertiary alicyclic amines) is 1. The SMILES string of the molecule is CCn1ncc(Cl)c1C(=O)N1CC[C@@H]2NC(=O)OC[C@H]2C1. The number of piperidine rings is 1. The lowest BCUT2D eigenvalue weighted by Crippen LogP contribution is -2.57.